The van der Waals surface area contributed by atoms with E-state index >= 15 is 0 Å². The Balaban J connectivity index is 2.32. The second-order valence-corrected chi connectivity index (χ2v) is 4.38. The van der Waals surface area contributed by atoms with E-state index in [1.54, 1.807) is 0 Å². The first-order valence-corrected chi connectivity index (χ1v) is 6.41. The Morgan fingerprint density at radius 1 is 1.33 bits per heavy atom. The molecule has 0 aliphatic carbocycles. The minimum Gasteiger partial charge on any atom is -0.291 e. The molecule has 0 spiro atoms. The van der Waals surface area contributed by atoms with E-state index < -0.39 is 0 Å². The highest BCUT2D eigenvalue weighted by Crippen LogP contribution is 2.21. The number of rotatable bonds is 3. The quantitative estimate of drug-likeness (QED) is 0.638. The summed E-state index contributed by atoms with van der Waals surface area (Å²) in [7, 11) is 0. The monoisotopic (exact) mass is 281 g/mol. The van der Waals surface area contributed by atoms with Gasteiger partial charge in [0.05, 0.1) is 11.0 Å². The lowest BCUT2D eigenvalue weighted by Gasteiger charge is -1.93. The Labute approximate surface area is 100 Å². The molecule has 0 amide bonds. The van der Waals surface area contributed by atoms with Gasteiger partial charge in [0.2, 0.25) is 5.78 Å². The van der Waals surface area contributed by atoms with E-state index in [0.717, 1.165) is 11.3 Å². The van der Waals surface area contributed by atoms with Gasteiger partial charge in [-0.25, -0.2) is 4.98 Å². The molecule has 0 fully saturated rings. The molecule has 0 unspecified atom stereocenters. The molecule has 0 aliphatic rings. The summed E-state index contributed by atoms with van der Waals surface area (Å²) in [6.45, 7) is 0. The highest BCUT2D eigenvalue weighted by molar-refractivity contribution is 9.09. The van der Waals surface area contributed by atoms with Gasteiger partial charge in [-0.1, -0.05) is 46.3 Å². The standard InChI is InChI=1S/C11H8BrNOS/c12-6-10(14)11-13-9(7-15-11)8-4-2-1-3-5-8/h1-5,7H,6H2. The van der Waals surface area contributed by atoms with Crippen molar-refractivity contribution in [1.82, 2.24) is 4.98 Å². The summed E-state index contributed by atoms with van der Waals surface area (Å²) < 4.78 is 0. The van der Waals surface area contributed by atoms with Crippen LogP contribution in [0.4, 0.5) is 0 Å². The third-order valence-corrected chi connectivity index (χ3v) is 3.33. The summed E-state index contributed by atoms with van der Waals surface area (Å²) in [6, 6.07) is 9.84. The maximum Gasteiger partial charge on any atom is 0.201 e. The molecule has 1 aromatic heterocycles. The fourth-order valence-corrected chi connectivity index (χ4v) is 2.42. The van der Waals surface area contributed by atoms with Gasteiger partial charge in [-0.15, -0.1) is 11.3 Å². The lowest BCUT2D eigenvalue weighted by atomic mass is 10.2. The van der Waals surface area contributed by atoms with Crippen molar-refractivity contribution < 1.29 is 4.79 Å². The van der Waals surface area contributed by atoms with E-state index in [9.17, 15) is 4.79 Å². The predicted molar refractivity (Wildman–Crippen MR) is 65.7 cm³/mol. The molecule has 2 nitrogen and oxygen atoms in total. The van der Waals surface area contributed by atoms with Crippen LogP contribution in [0, 0.1) is 0 Å². The highest BCUT2D eigenvalue weighted by Gasteiger charge is 2.10. The van der Waals surface area contributed by atoms with Crippen molar-refractivity contribution in [3.63, 3.8) is 0 Å². The summed E-state index contributed by atoms with van der Waals surface area (Å²) in [4.78, 5) is 15.6. The molecular formula is C11H8BrNOS. The number of carbonyl (C=O) groups excluding carboxylic acids is 1. The van der Waals surface area contributed by atoms with Gasteiger partial charge in [-0.3, -0.25) is 4.79 Å². The first-order chi connectivity index (χ1) is 7.31. The SMILES string of the molecule is O=C(CBr)c1nc(-c2ccccc2)cs1. The van der Waals surface area contributed by atoms with Crippen molar-refractivity contribution >= 4 is 33.0 Å². The Bertz CT molecular complexity index is 466. The number of carbonyl (C=O) groups is 1. The van der Waals surface area contributed by atoms with Crippen LogP contribution in [0.25, 0.3) is 11.3 Å². The van der Waals surface area contributed by atoms with Gasteiger partial charge in [-0.2, -0.15) is 0 Å². The van der Waals surface area contributed by atoms with Gasteiger partial charge in [-0.05, 0) is 0 Å². The second kappa shape index (κ2) is 4.68. The van der Waals surface area contributed by atoms with E-state index in [-0.39, 0.29) is 5.78 Å². The number of halogens is 1. The number of benzene rings is 1. The molecule has 15 heavy (non-hydrogen) atoms. The van der Waals surface area contributed by atoms with Crippen LogP contribution in [0.1, 0.15) is 9.80 Å². The van der Waals surface area contributed by atoms with E-state index in [1.165, 1.54) is 11.3 Å². The summed E-state index contributed by atoms with van der Waals surface area (Å²) in [5.41, 5.74) is 1.91. The van der Waals surface area contributed by atoms with Gasteiger partial charge < -0.3 is 0 Å². The zero-order valence-corrected chi connectivity index (χ0v) is 10.2. The maximum absolute atomic E-state index is 11.4. The Morgan fingerprint density at radius 3 is 2.73 bits per heavy atom. The van der Waals surface area contributed by atoms with Crippen molar-refractivity contribution in [2.24, 2.45) is 0 Å². The molecule has 1 heterocycles. The van der Waals surface area contributed by atoms with Crippen LogP contribution >= 0.6 is 27.3 Å². The normalized spacial score (nSPS) is 10.2. The largest absolute Gasteiger partial charge is 0.291 e. The molecule has 2 rings (SSSR count). The summed E-state index contributed by atoms with van der Waals surface area (Å²) in [5.74, 6) is 0.0298. The minimum atomic E-state index is 0.0298. The number of hydrogen-bond donors (Lipinski definition) is 0. The Kier molecular flexibility index (Phi) is 3.28. The van der Waals surface area contributed by atoms with Crippen LogP contribution in [0.15, 0.2) is 35.7 Å². The molecular weight excluding hydrogens is 274 g/mol. The zero-order valence-electron chi connectivity index (χ0n) is 7.81. The molecule has 4 heteroatoms. The lowest BCUT2D eigenvalue weighted by molar-refractivity contribution is 0.102. The number of thiazole rings is 1. The molecule has 0 saturated carbocycles. The number of alkyl halides is 1. The van der Waals surface area contributed by atoms with Gasteiger partial charge >= 0.3 is 0 Å². The first kappa shape index (κ1) is 10.5. The van der Waals surface area contributed by atoms with Crippen LogP contribution < -0.4 is 0 Å². The molecule has 0 bridgehead atoms. The number of Topliss-reactive ketones (excluding diaryl/α,β-unsaturated/α-hetero) is 1. The third kappa shape index (κ3) is 2.33. The van der Waals surface area contributed by atoms with Crippen LogP contribution in [-0.2, 0) is 0 Å². The summed E-state index contributed by atoms with van der Waals surface area (Å²) in [6.07, 6.45) is 0. The van der Waals surface area contributed by atoms with Gasteiger partial charge in [0.1, 0.15) is 0 Å². The molecule has 0 saturated heterocycles. The molecule has 0 N–H and O–H groups in total. The van der Waals surface area contributed by atoms with Crippen molar-refractivity contribution in [2.45, 2.75) is 0 Å². The molecule has 76 valence electrons. The van der Waals surface area contributed by atoms with E-state index in [2.05, 4.69) is 20.9 Å². The highest BCUT2D eigenvalue weighted by atomic mass is 79.9. The number of aromatic nitrogens is 1. The van der Waals surface area contributed by atoms with Crippen molar-refractivity contribution in [3.8, 4) is 11.3 Å². The van der Waals surface area contributed by atoms with E-state index in [0.29, 0.717) is 10.3 Å². The van der Waals surface area contributed by atoms with Crippen LogP contribution in [0.3, 0.4) is 0 Å². The van der Waals surface area contributed by atoms with Crippen molar-refractivity contribution in [2.75, 3.05) is 5.33 Å². The van der Waals surface area contributed by atoms with Crippen molar-refractivity contribution in [1.29, 1.82) is 0 Å². The second-order valence-electron chi connectivity index (χ2n) is 2.96. The molecule has 1 aromatic carbocycles. The van der Waals surface area contributed by atoms with E-state index in [1.807, 2.05) is 35.7 Å². The Morgan fingerprint density at radius 2 is 2.07 bits per heavy atom. The molecule has 0 atom stereocenters. The van der Waals surface area contributed by atoms with Crippen LogP contribution in [-0.4, -0.2) is 16.1 Å². The van der Waals surface area contributed by atoms with E-state index in [4.69, 9.17) is 0 Å². The number of ketones is 1. The fourth-order valence-electron chi connectivity index (χ4n) is 1.20. The molecule has 2 aromatic rings. The average Bonchev–Trinajstić information content (AvgIpc) is 2.78. The third-order valence-electron chi connectivity index (χ3n) is 1.93. The maximum atomic E-state index is 11.4. The predicted octanol–water partition coefficient (Wildman–Crippen LogP) is 3.39. The fraction of sp³-hybridized carbons (Fsp3) is 0.0909. The smallest absolute Gasteiger partial charge is 0.201 e. The Hall–Kier alpha value is -1.00. The number of hydrogen-bond acceptors (Lipinski definition) is 3. The summed E-state index contributed by atoms with van der Waals surface area (Å²) >= 11 is 4.52. The molecule has 0 aliphatic heterocycles. The first-order valence-electron chi connectivity index (χ1n) is 4.41. The zero-order chi connectivity index (χ0) is 10.7. The van der Waals surface area contributed by atoms with Crippen molar-refractivity contribution in [3.05, 3.63) is 40.7 Å². The molecule has 0 radical (unpaired) electrons. The van der Waals surface area contributed by atoms with Crippen LogP contribution in [0.5, 0.6) is 0 Å². The van der Waals surface area contributed by atoms with Gasteiger partial charge in [0.15, 0.2) is 5.01 Å². The topological polar surface area (TPSA) is 30.0 Å². The lowest BCUT2D eigenvalue weighted by Crippen LogP contribution is -1.98. The number of nitrogens with zero attached hydrogens (tertiary/aromatic N) is 1. The van der Waals surface area contributed by atoms with Gasteiger partial charge in [0, 0.05) is 10.9 Å². The minimum absolute atomic E-state index is 0.0298. The summed E-state index contributed by atoms with van der Waals surface area (Å²) in [5, 5.41) is 2.80. The van der Waals surface area contributed by atoms with Gasteiger partial charge in [0.25, 0.3) is 0 Å². The average molecular weight is 282 g/mol. The van der Waals surface area contributed by atoms with Crippen LogP contribution in [0.2, 0.25) is 0 Å².